The molecule has 5 heteroatoms. The van der Waals surface area contributed by atoms with Gasteiger partial charge in [-0.3, -0.25) is 9.59 Å². The number of hydrogen-bond acceptors (Lipinski definition) is 2. The fourth-order valence-corrected chi connectivity index (χ4v) is 1.29. The van der Waals surface area contributed by atoms with Crippen molar-refractivity contribution in [1.29, 1.82) is 0 Å². The SMILES string of the molecule is O=C(O)CCC(CCCP)C(=O)O. The molecule has 0 fully saturated rings. The molecule has 0 radical (unpaired) electrons. The maximum Gasteiger partial charge on any atom is 0.306 e. The van der Waals surface area contributed by atoms with E-state index in [1.807, 2.05) is 0 Å². The summed E-state index contributed by atoms with van der Waals surface area (Å²) >= 11 is 0. The molecular formula is C8H15O4P. The average Bonchev–Trinajstić information content (AvgIpc) is 2.03. The molecule has 4 nitrogen and oxygen atoms in total. The van der Waals surface area contributed by atoms with Gasteiger partial charge in [0.15, 0.2) is 0 Å². The van der Waals surface area contributed by atoms with E-state index in [1.54, 1.807) is 0 Å². The summed E-state index contributed by atoms with van der Waals surface area (Å²) < 4.78 is 0. The molecule has 0 spiro atoms. The third kappa shape index (κ3) is 6.52. The van der Waals surface area contributed by atoms with E-state index < -0.39 is 17.9 Å². The minimum Gasteiger partial charge on any atom is -0.481 e. The normalized spacial score (nSPS) is 12.4. The Morgan fingerprint density at radius 1 is 1.23 bits per heavy atom. The van der Waals surface area contributed by atoms with Gasteiger partial charge in [0.25, 0.3) is 0 Å². The zero-order valence-electron chi connectivity index (χ0n) is 7.40. The van der Waals surface area contributed by atoms with Gasteiger partial charge in [0, 0.05) is 6.42 Å². The van der Waals surface area contributed by atoms with Gasteiger partial charge in [-0.05, 0) is 25.4 Å². The Morgan fingerprint density at radius 2 is 1.85 bits per heavy atom. The molecule has 2 atom stereocenters. The molecule has 0 saturated carbocycles. The van der Waals surface area contributed by atoms with Crippen LogP contribution in [0.5, 0.6) is 0 Å². The van der Waals surface area contributed by atoms with E-state index in [2.05, 4.69) is 9.24 Å². The molecule has 0 saturated heterocycles. The molecule has 0 aliphatic heterocycles. The summed E-state index contributed by atoms with van der Waals surface area (Å²) in [5, 5.41) is 17.1. The Bertz CT molecular complexity index is 181. The molecule has 0 heterocycles. The fraction of sp³-hybridized carbons (Fsp3) is 0.750. The van der Waals surface area contributed by atoms with Crippen molar-refractivity contribution < 1.29 is 19.8 Å². The first-order valence-electron chi connectivity index (χ1n) is 4.22. The van der Waals surface area contributed by atoms with Crippen LogP contribution < -0.4 is 0 Å². The lowest BCUT2D eigenvalue weighted by atomic mass is 9.98. The van der Waals surface area contributed by atoms with Gasteiger partial charge in [-0.2, -0.15) is 0 Å². The van der Waals surface area contributed by atoms with Crippen molar-refractivity contribution in [3.63, 3.8) is 0 Å². The van der Waals surface area contributed by atoms with E-state index in [9.17, 15) is 9.59 Å². The van der Waals surface area contributed by atoms with E-state index in [4.69, 9.17) is 10.2 Å². The van der Waals surface area contributed by atoms with Crippen LogP contribution in [0, 0.1) is 5.92 Å². The number of carboxylic acids is 2. The summed E-state index contributed by atoms with van der Waals surface area (Å²) in [5.41, 5.74) is 0. The molecule has 13 heavy (non-hydrogen) atoms. The number of carbonyl (C=O) groups is 2. The Labute approximate surface area is 79.5 Å². The largest absolute Gasteiger partial charge is 0.481 e. The highest BCUT2D eigenvalue weighted by molar-refractivity contribution is 7.16. The molecule has 0 aliphatic rings. The van der Waals surface area contributed by atoms with E-state index in [0.29, 0.717) is 6.42 Å². The van der Waals surface area contributed by atoms with Crippen molar-refractivity contribution in [2.45, 2.75) is 25.7 Å². The highest BCUT2D eigenvalue weighted by Crippen LogP contribution is 2.14. The zero-order chi connectivity index (χ0) is 10.3. The van der Waals surface area contributed by atoms with Crippen molar-refractivity contribution in [3.8, 4) is 0 Å². The first-order chi connectivity index (χ1) is 6.07. The summed E-state index contributed by atoms with van der Waals surface area (Å²) in [4.78, 5) is 20.8. The van der Waals surface area contributed by atoms with Crippen LogP contribution >= 0.6 is 9.24 Å². The van der Waals surface area contributed by atoms with Gasteiger partial charge in [0.1, 0.15) is 0 Å². The van der Waals surface area contributed by atoms with Crippen LogP contribution in [0.1, 0.15) is 25.7 Å². The summed E-state index contributed by atoms with van der Waals surface area (Å²) in [6, 6.07) is 0. The minimum atomic E-state index is -0.933. The van der Waals surface area contributed by atoms with Gasteiger partial charge >= 0.3 is 11.9 Å². The lowest BCUT2D eigenvalue weighted by molar-refractivity contribution is -0.143. The van der Waals surface area contributed by atoms with Crippen molar-refractivity contribution >= 4 is 21.2 Å². The molecule has 2 unspecified atom stereocenters. The maximum atomic E-state index is 10.6. The molecule has 0 aliphatic carbocycles. The number of carboxylic acid groups (broad SMARTS) is 2. The topological polar surface area (TPSA) is 74.6 Å². The summed E-state index contributed by atoms with van der Waals surface area (Å²) in [6.45, 7) is 0. The van der Waals surface area contributed by atoms with Gasteiger partial charge < -0.3 is 10.2 Å². The van der Waals surface area contributed by atoms with E-state index >= 15 is 0 Å². The highest BCUT2D eigenvalue weighted by Gasteiger charge is 2.17. The van der Waals surface area contributed by atoms with Gasteiger partial charge in [-0.15, -0.1) is 9.24 Å². The molecule has 0 aromatic rings. The first kappa shape index (κ1) is 12.4. The van der Waals surface area contributed by atoms with E-state index in [1.165, 1.54) is 0 Å². The summed E-state index contributed by atoms with van der Waals surface area (Å²) in [7, 11) is 2.52. The van der Waals surface area contributed by atoms with Crippen LogP contribution in [-0.4, -0.2) is 28.3 Å². The van der Waals surface area contributed by atoms with Gasteiger partial charge in [-0.1, -0.05) is 0 Å². The molecule has 0 rings (SSSR count). The van der Waals surface area contributed by atoms with Crippen molar-refractivity contribution in [2.75, 3.05) is 6.16 Å². The van der Waals surface area contributed by atoms with Crippen LogP contribution in [0.15, 0.2) is 0 Å². The quantitative estimate of drug-likeness (QED) is 0.614. The second-order valence-electron chi connectivity index (χ2n) is 2.90. The minimum absolute atomic E-state index is 0.0617. The predicted octanol–water partition coefficient (Wildman–Crippen LogP) is 1.21. The smallest absolute Gasteiger partial charge is 0.306 e. The Hall–Kier alpha value is -0.630. The fourth-order valence-electron chi connectivity index (χ4n) is 1.05. The number of aliphatic carboxylic acids is 2. The second-order valence-corrected chi connectivity index (χ2v) is 3.48. The van der Waals surface area contributed by atoms with Crippen molar-refractivity contribution in [1.82, 2.24) is 0 Å². The molecular weight excluding hydrogens is 191 g/mol. The molecule has 0 aromatic heterocycles. The second kappa shape index (κ2) is 6.84. The number of rotatable bonds is 7. The van der Waals surface area contributed by atoms with Crippen molar-refractivity contribution in [3.05, 3.63) is 0 Å². The summed E-state index contributed by atoms with van der Waals surface area (Å²) in [6.07, 6.45) is 2.40. The van der Waals surface area contributed by atoms with Crippen LogP contribution in [0.3, 0.4) is 0 Å². The molecule has 0 bridgehead atoms. The van der Waals surface area contributed by atoms with Crippen LogP contribution in [0.2, 0.25) is 0 Å². The Morgan fingerprint density at radius 3 is 2.23 bits per heavy atom. The molecule has 0 aromatic carbocycles. The Kier molecular flexibility index (Phi) is 6.51. The van der Waals surface area contributed by atoms with Crippen LogP contribution in [-0.2, 0) is 9.59 Å². The summed E-state index contributed by atoms with van der Waals surface area (Å²) in [5.74, 6) is -2.33. The van der Waals surface area contributed by atoms with E-state index in [-0.39, 0.29) is 12.8 Å². The third-order valence-corrected chi connectivity index (χ3v) is 2.22. The zero-order valence-corrected chi connectivity index (χ0v) is 8.56. The standard InChI is InChI=1S/C8H15O4P/c9-7(10)4-3-6(8(11)12)2-1-5-13/h6H,1-5,13H2,(H,9,10)(H,11,12). The Balaban J connectivity index is 3.80. The molecule has 2 N–H and O–H groups in total. The van der Waals surface area contributed by atoms with Crippen LogP contribution in [0.4, 0.5) is 0 Å². The lowest BCUT2D eigenvalue weighted by Crippen LogP contribution is -2.15. The van der Waals surface area contributed by atoms with E-state index in [0.717, 1.165) is 12.6 Å². The van der Waals surface area contributed by atoms with Gasteiger partial charge in [-0.25, -0.2) is 0 Å². The third-order valence-electron chi connectivity index (χ3n) is 1.81. The average molecular weight is 206 g/mol. The van der Waals surface area contributed by atoms with Crippen molar-refractivity contribution in [2.24, 2.45) is 5.92 Å². The maximum absolute atomic E-state index is 10.6. The highest BCUT2D eigenvalue weighted by atomic mass is 31.0. The van der Waals surface area contributed by atoms with Gasteiger partial charge in [0.05, 0.1) is 5.92 Å². The molecule has 76 valence electrons. The number of hydrogen-bond donors (Lipinski definition) is 2. The van der Waals surface area contributed by atoms with Crippen LogP contribution in [0.25, 0.3) is 0 Å². The molecule has 0 amide bonds. The first-order valence-corrected chi connectivity index (χ1v) is 5.04. The lowest BCUT2D eigenvalue weighted by Gasteiger charge is -2.09. The van der Waals surface area contributed by atoms with Gasteiger partial charge in [0.2, 0.25) is 0 Å². The predicted molar refractivity (Wildman–Crippen MR) is 51.8 cm³/mol. The monoisotopic (exact) mass is 206 g/mol.